The summed E-state index contributed by atoms with van der Waals surface area (Å²) in [4.78, 5) is 4.91. The zero-order valence-electron chi connectivity index (χ0n) is 12.5. The molecular weight excluding hydrogens is 276 g/mol. The van der Waals surface area contributed by atoms with Gasteiger partial charge in [0.25, 0.3) is 0 Å². The van der Waals surface area contributed by atoms with Gasteiger partial charge in [0.1, 0.15) is 0 Å². The Kier molecular flexibility index (Phi) is 4.34. The smallest absolute Gasteiger partial charge is 0.225 e. The first-order valence-corrected chi connectivity index (χ1v) is 7.13. The average Bonchev–Trinajstić information content (AvgIpc) is 2.97. The maximum atomic E-state index is 5.08. The predicted octanol–water partition coefficient (Wildman–Crippen LogP) is 1.53. The molecule has 0 unspecified atom stereocenters. The van der Waals surface area contributed by atoms with E-state index in [2.05, 4.69) is 24.7 Å². The molecule has 0 aliphatic rings. The van der Waals surface area contributed by atoms with E-state index in [9.17, 15) is 0 Å². The molecule has 0 radical (unpaired) electrons. The van der Waals surface area contributed by atoms with Crippen molar-refractivity contribution in [2.45, 2.75) is 39.4 Å². The lowest BCUT2D eigenvalue weighted by molar-refractivity contribution is 0.294. The second-order valence-electron chi connectivity index (χ2n) is 5.67. The molecular formula is C12H20N6OS. The number of tetrazole rings is 1. The summed E-state index contributed by atoms with van der Waals surface area (Å²) in [5, 5.41) is 12.6. The van der Waals surface area contributed by atoms with Gasteiger partial charge in [-0.05, 0) is 44.6 Å². The van der Waals surface area contributed by atoms with E-state index in [1.54, 1.807) is 11.9 Å². The summed E-state index contributed by atoms with van der Waals surface area (Å²) in [7, 11) is 3.64. The summed E-state index contributed by atoms with van der Waals surface area (Å²) in [6, 6.07) is 1.95. The summed E-state index contributed by atoms with van der Waals surface area (Å²) in [6.45, 7) is 7.57. The lowest BCUT2D eigenvalue weighted by Crippen LogP contribution is -2.25. The third-order valence-electron chi connectivity index (χ3n) is 2.64. The first-order valence-electron chi connectivity index (χ1n) is 6.36. The van der Waals surface area contributed by atoms with Crippen LogP contribution in [-0.2, 0) is 18.6 Å². The number of hydrogen-bond donors (Lipinski definition) is 0. The quantitative estimate of drug-likeness (QED) is 0.833. The first-order chi connectivity index (χ1) is 9.38. The SMILES string of the molecule is COc1cc(CN(C)Cc2nnn(C(C)(C)C)n2)sn1. The molecule has 20 heavy (non-hydrogen) atoms. The van der Waals surface area contributed by atoms with Gasteiger partial charge in [-0.1, -0.05) is 0 Å². The van der Waals surface area contributed by atoms with Crippen LogP contribution in [0.4, 0.5) is 0 Å². The van der Waals surface area contributed by atoms with Crippen molar-refractivity contribution in [3.8, 4) is 5.88 Å². The highest BCUT2D eigenvalue weighted by molar-refractivity contribution is 7.05. The minimum atomic E-state index is -0.144. The van der Waals surface area contributed by atoms with E-state index >= 15 is 0 Å². The summed E-state index contributed by atoms with van der Waals surface area (Å²) in [5.74, 6) is 1.38. The van der Waals surface area contributed by atoms with Crippen LogP contribution in [0.25, 0.3) is 0 Å². The molecule has 0 atom stereocenters. The van der Waals surface area contributed by atoms with Crippen molar-refractivity contribution in [1.82, 2.24) is 29.5 Å². The van der Waals surface area contributed by atoms with E-state index in [1.807, 2.05) is 33.9 Å². The second-order valence-corrected chi connectivity index (χ2v) is 6.56. The van der Waals surface area contributed by atoms with Crippen LogP contribution in [0, 0.1) is 0 Å². The fourth-order valence-corrected chi connectivity index (χ4v) is 2.38. The van der Waals surface area contributed by atoms with Crippen molar-refractivity contribution in [1.29, 1.82) is 0 Å². The number of nitrogens with zero attached hydrogens (tertiary/aromatic N) is 6. The normalized spacial score (nSPS) is 12.1. The minimum Gasteiger partial charge on any atom is -0.480 e. The highest BCUT2D eigenvalue weighted by Gasteiger charge is 2.17. The van der Waals surface area contributed by atoms with Gasteiger partial charge in [-0.2, -0.15) is 9.17 Å². The third kappa shape index (κ3) is 3.73. The molecule has 0 aromatic carbocycles. The second kappa shape index (κ2) is 5.84. The maximum Gasteiger partial charge on any atom is 0.225 e. The van der Waals surface area contributed by atoms with Crippen molar-refractivity contribution in [2.75, 3.05) is 14.2 Å². The lowest BCUT2D eigenvalue weighted by Gasteiger charge is -2.16. The Hall–Kier alpha value is -1.54. The van der Waals surface area contributed by atoms with Gasteiger partial charge in [-0.3, -0.25) is 4.90 Å². The zero-order chi connectivity index (χ0) is 14.8. The van der Waals surface area contributed by atoms with Gasteiger partial charge in [0.15, 0.2) is 5.82 Å². The molecule has 2 rings (SSSR count). The highest BCUT2D eigenvalue weighted by atomic mass is 32.1. The van der Waals surface area contributed by atoms with Crippen LogP contribution in [0.3, 0.4) is 0 Å². The minimum absolute atomic E-state index is 0.144. The van der Waals surface area contributed by atoms with E-state index in [1.165, 1.54) is 11.5 Å². The first kappa shape index (κ1) is 14.9. The fraction of sp³-hybridized carbons (Fsp3) is 0.667. The zero-order valence-corrected chi connectivity index (χ0v) is 13.3. The van der Waals surface area contributed by atoms with Crippen molar-refractivity contribution >= 4 is 11.5 Å². The molecule has 0 saturated heterocycles. The number of ether oxygens (including phenoxy) is 1. The molecule has 0 amide bonds. The van der Waals surface area contributed by atoms with E-state index < -0.39 is 0 Å². The summed E-state index contributed by atoms with van der Waals surface area (Å²) >= 11 is 1.44. The van der Waals surface area contributed by atoms with Crippen LogP contribution in [0.1, 0.15) is 31.5 Å². The number of hydrogen-bond acceptors (Lipinski definition) is 7. The molecule has 2 heterocycles. The Labute approximate surface area is 122 Å². The largest absolute Gasteiger partial charge is 0.480 e. The van der Waals surface area contributed by atoms with Crippen molar-refractivity contribution in [2.24, 2.45) is 0 Å². The molecule has 110 valence electrons. The van der Waals surface area contributed by atoms with Crippen molar-refractivity contribution in [3.05, 3.63) is 16.8 Å². The Bertz CT molecular complexity index is 558. The Morgan fingerprint density at radius 1 is 1.35 bits per heavy atom. The van der Waals surface area contributed by atoms with Gasteiger partial charge >= 0.3 is 0 Å². The molecule has 0 spiro atoms. The number of rotatable bonds is 5. The molecule has 0 bridgehead atoms. The number of aromatic nitrogens is 5. The standard InChI is InChI=1S/C12H20N6OS/c1-12(2,3)18-14-10(13-16-18)8-17(4)7-9-6-11(19-5)15-20-9/h6H,7-8H2,1-5H3. The summed E-state index contributed by atoms with van der Waals surface area (Å²) in [6.07, 6.45) is 0. The van der Waals surface area contributed by atoms with Gasteiger partial charge in [-0.25, -0.2) is 0 Å². The van der Waals surface area contributed by atoms with Crippen LogP contribution >= 0.6 is 11.5 Å². The maximum absolute atomic E-state index is 5.08. The molecule has 8 heteroatoms. The Morgan fingerprint density at radius 3 is 2.65 bits per heavy atom. The molecule has 2 aromatic heterocycles. The van der Waals surface area contributed by atoms with Gasteiger partial charge in [0, 0.05) is 17.5 Å². The van der Waals surface area contributed by atoms with Crippen molar-refractivity contribution in [3.63, 3.8) is 0 Å². The van der Waals surface area contributed by atoms with E-state index in [4.69, 9.17) is 4.74 Å². The molecule has 0 fully saturated rings. The van der Waals surface area contributed by atoms with Crippen LogP contribution in [0.2, 0.25) is 0 Å². The van der Waals surface area contributed by atoms with E-state index in [0.717, 1.165) is 17.2 Å². The van der Waals surface area contributed by atoms with Crippen LogP contribution in [0.15, 0.2) is 6.07 Å². The Balaban J connectivity index is 1.94. The molecule has 0 N–H and O–H groups in total. The van der Waals surface area contributed by atoms with E-state index in [-0.39, 0.29) is 5.54 Å². The molecule has 0 aliphatic carbocycles. The van der Waals surface area contributed by atoms with Crippen LogP contribution in [-0.4, -0.2) is 43.6 Å². The van der Waals surface area contributed by atoms with Gasteiger partial charge in [0.2, 0.25) is 5.88 Å². The monoisotopic (exact) mass is 296 g/mol. The van der Waals surface area contributed by atoms with E-state index in [0.29, 0.717) is 12.4 Å². The van der Waals surface area contributed by atoms with Gasteiger partial charge in [0.05, 0.1) is 19.2 Å². The van der Waals surface area contributed by atoms with Crippen LogP contribution < -0.4 is 4.74 Å². The summed E-state index contributed by atoms with van der Waals surface area (Å²) in [5.41, 5.74) is -0.144. The fourth-order valence-electron chi connectivity index (χ4n) is 1.62. The molecule has 7 nitrogen and oxygen atoms in total. The van der Waals surface area contributed by atoms with Crippen molar-refractivity contribution < 1.29 is 4.74 Å². The number of methoxy groups -OCH3 is 1. The van der Waals surface area contributed by atoms with Gasteiger partial charge < -0.3 is 4.74 Å². The predicted molar refractivity (Wildman–Crippen MR) is 76.7 cm³/mol. The average molecular weight is 296 g/mol. The Morgan fingerprint density at radius 2 is 2.10 bits per heavy atom. The lowest BCUT2D eigenvalue weighted by atomic mass is 10.1. The van der Waals surface area contributed by atoms with Gasteiger partial charge in [-0.15, -0.1) is 10.2 Å². The third-order valence-corrected chi connectivity index (χ3v) is 3.39. The molecule has 2 aromatic rings. The molecule has 0 aliphatic heterocycles. The molecule has 0 saturated carbocycles. The van der Waals surface area contributed by atoms with Crippen LogP contribution in [0.5, 0.6) is 5.88 Å². The highest BCUT2D eigenvalue weighted by Crippen LogP contribution is 2.18. The summed E-state index contributed by atoms with van der Waals surface area (Å²) < 4.78 is 9.25. The topological polar surface area (TPSA) is 69.0 Å².